The van der Waals surface area contributed by atoms with E-state index in [1.54, 1.807) is 0 Å². The second-order valence-electron chi connectivity index (χ2n) is 4.85. The van der Waals surface area contributed by atoms with Gasteiger partial charge in [-0.15, -0.1) is 0 Å². The summed E-state index contributed by atoms with van der Waals surface area (Å²) in [4.78, 5) is 21.8. The van der Waals surface area contributed by atoms with Gasteiger partial charge in [0.25, 0.3) is 5.91 Å². The summed E-state index contributed by atoms with van der Waals surface area (Å²) in [7, 11) is 0. The highest BCUT2D eigenvalue weighted by Crippen LogP contribution is 2.11. The third-order valence-electron chi connectivity index (χ3n) is 3.10. The van der Waals surface area contributed by atoms with Crippen molar-refractivity contribution in [3.8, 4) is 0 Å². The van der Waals surface area contributed by atoms with Gasteiger partial charge in [0.05, 0.1) is 0 Å². The van der Waals surface area contributed by atoms with Crippen molar-refractivity contribution in [2.45, 2.75) is 77.2 Å². The van der Waals surface area contributed by atoms with Gasteiger partial charge in [-0.25, -0.2) is 0 Å². The van der Waals surface area contributed by atoms with Crippen LogP contribution in [0, 0.1) is 0 Å². The van der Waals surface area contributed by atoms with Crippen molar-refractivity contribution in [1.29, 1.82) is 0 Å². The Labute approximate surface area is 110 Å². The van der Waals surface area contributed by atoms with E-state index < -0.39 is 17.8 Å². The molecule has 0 heterocycles. The molecule has 0 fully saturated rings. The smallest absolute Gasteiger partial charge is 0.254 e. The van der Waals surface area contributed by atoms with E-state index in [1.807, 2.05) is 0 Å². The van der Waals surface area contributed by atoms with E-state index in [-0.39, 0.29) is 6.42 Å². The maximum atomic E-state index is 11.2. The van der Waals surface area contributed by atoms with Crippen LogP contribution in [0.15, 0.2) is 0 Å². The van der Waals surface area contributed by atoms with E-state index in [0.717, 1.165) is 19.3 Å². The van der Waals surface area contributed by atoms with Crippen molar-refractivity contribution >= 4 is 11.7 Å². The van der Waals surface area contributed by atoms with E-state index >= 15 is 0 Å². The van der Waals surface area contributed by atoms with Crippen molar-refractivity contribution in [2.75, 3.05) is 0 Å². The zero-order chi connectivity index (χ0) is 13.8. The highest BCUT2D eigenvalue weighted by Gasteiger charge is 2.19. The number of primary amides is 1. The van der Waals surface area contributed by atoms with Gasteiger partial charge in [0.1, 0.15) is 0 Å². The van der Waals surface area contributed by atoms with Crippen molar-refractivity contribution in [2.24, 2.45) is 5.73 Å². The van der Waals surface area contributed by atoms with Crippen LogP contribution in [-0.2, 0) is 9.59 Å². The molecule has 0 saturated carbocycles. The molecule has 0 aromatic heterocycles. The molecule has 3 N–H and O–H groups in total. The lowest BCUT2D eigenvalue weighted by Crippen LogP contribution is -2.35. The lowest BCUT2D eigenvalue weighted by Gasteiger charge is -2.05. The van der Waals surface area contributed by atoms with Gasteiger partial charge in [0.15, 0.2) is 11.9 Å². The topological polar surface area (TPSA) is 80.4 Å². The molecule has 0 aliphatic carbocycles. The first-order valence-electron chi connectivity index (χ1n) is 7.09. The SMILES string of the molecule is CCCCCCCCCCCC(=O)C(O)C(N)=O. The van der Waals surface area contributed by atoms with E-state index in [9.17, 15) is 9.59 Å². The zero-order valence-corrected chi connectivity index (χ0v) is 11.5. The number of Topliss-reactive ketones (excluding diaryl/α,β-unsaturated/α-hetero) is 1. The number of hydrogen-bond donors (Lipinski definition) is 2. The number of aliphatic hydroxyl groups excluding tert-OH is 1. The lowest BCUT2D eigenvalue weighted by molar-refractivity contribution is -0.137. The molecule has 1 unspecified atom stereocenters. The number of aliphatic hydroxyl groups is 1. The van der Waals surface area contributed by atoms with E-state index in [2.05, 4.69) is 6.92 Å². The van der Waals surface area contributed by atoms with Gasteiger partial charge in [0.2, 0.25) is 0 Å². The number of rotatable bonds is 12. The molecule has 0 aromatic carbocycles. The van der Waals surface area contributed by atoms with E-state index in [4.69, 9.17) is 10.8 Å². The fraction of sp³-hybridized carbons (Fsp3) is 0.857. The number of nitrogens with two attached hydrogens (primary N) is 1. The van der Waals surface area contributed by atoms with Crippen LogP contribution in [0.5, 0.6) is 0 Å². The number of ketones is 1. The molecular weight excluding hydrogens is 230 g/mol. The number of carbonyl (C=O) groups is 2. The van der Waals surface area contributed by atoms with Crippen LogP contribution in [0.25, 0.3) is 0 Å². The summed E-state index contributed by atoms with van der Waals surface area (Å²) in [5.74, 6) is -1.40. The Morgan fingerprint density at radius 3 is 1.83 bits per heavy atom. The molecule has 106 valence electrons. The average Bonchev–Trinajstić information content (AvgIpc) is 2.35. The Kier molecular flexibility index (Phi) is 10.6. The lowest BCUT2D eigenvalue weighted by atomic mass is 10.0. The summed E-state index contributed by atoms with van der Waals surface area (Å²) >= 11 is 0. The molecule has 0 aliphatic rings. The minimum Gasteiger partial charge on any atom is -0.376 e. The molecule has 0 aliphatic heterocycles. The summed E-state index contributed by atoms with van der Waals surface area (Å²) in [6.07, 6.45) is 9.14. The fourth-order valence-corrected chi connectivity index (χ4v) is 1.91. The fourth-order valence-electron chi connectivity index (χ4n) is 1.91. The number of carbonyl (C=O) groups excluding carboxylic acids is 2. The van der Waals surface area contributed by atoms with E-state index in [0.29, 0.717) is 0 Å². The molecule has 1 atom stereocenters. The number of amides is 1. The molecule has 1 amide bonds. The first-order chi connectivity index (χ1) is 8.59. The molecule has 0 radical (unpaired) electrons. The largest absolute Gasteiger partial charge is 0.376 e. The maximum Gasteiger partial charge on any atom is 0.254 e. The molecule has 0 saturated heterocycles. The summed E-state index contributed by atoms with van der Waals surface area (Å²) in [5.41, 5.74) is 4.84. The first kappa shape index (κ1) is 17.1. The molecule has 18 heavy (non-hydrogen) atoms. The average molecular weight is 257 g/mol. The second kappa shape index (κ2) is 11.2. The molecule has 4 heteroatoms. The van der Waals surface area contributed by atoms with Gasteiger partial charge < -0.3 is 10.8 Å². The zero-order valence-electron chi connectivity index (χ0n) is 11.5. The van der Waals surface area contributed by atoms with Crippen LogP contribution in [0.3, 0.4) is 0 Å². The first-order valence-corrected chi connectivity index (χ1v) is 7.09. The molecule has 4 nitrogen and oxygen atoms in total. The third kappa shape index (κ3) is 9.16. The Bertz CT molecular complexity index is 241. The molecular formula is C14H27NO3. The monoisotopic (exact) mass is 257 g/mol. The van der Waals surface area contributed by atoms with Crippen LogP contribution in [0.1, 0.15) is 71.1 Å². The van der Waals surface area contributed by atoms with Gasteiger partial charge in [0, 0.05) is 6.42 Å². The molecule has 0 rings (SSSR count). The minimum absolute atomic E-state index is 0.250. The predicted molar refractivity (Wildman–Crippen MR) is 72.1 cm³/mol. The van der Waals surface area contributed by atoms with Gasteiger partial charge in [-0.1, -0.05) is 58.3 Å². The minimum atomic E-state index is -1.61. The quantitative estimate of drug-likeness (QED) is 0.416. The Balaban J connectivity index is 3.30. The summed E-state index contributed by atoms with van der Waals surface area (Å²) < 4.78 is 0. The molecule has 0 bridgehead atoms. The van der Waals surface area contributed by atoms with Crippen LogP contribution in [0.2, 0.25) is 0 Å². The van der Waals surface area contributed by atoms with Gasteiger partial charge in [-0.2, -0.15) is 0 Å². The Morgan fingerprint density at radius 2 is 1.39 bits per heavy atom. The predicted octanol–water partition coefficient (Wildman–Crippen LogP) is 2.32. The van der Waals surface area contributed by atoms with Crippen molar-refractivity contribution in [3.63, 3.8) is 0 Å². The highest BCUT2D eigenvalue weighted by molar-refractivity contribution is 6.03. The van der Waals surface area contributed by atoms with Crippen LogP contribution >= 0.6 is 0 Å². The van der Waals surface area contributed by atoms with Crippen molar-refractivity contribution in [3.05, 3.63) is 0 Å². The molecule has 0 spiro atoms. The number of unbranched alkanes of at least 4 members (excludes halogenated alkanes) is 8. The van der Waals surface area contributed by atoms with Crippen molar-refractivity contribution in [1.82, 2.24) is 0 Å². The summed E-state index contributed by atoms with van der Waals surface area (Å²) in [5, 5.41) is 9.09. The number of hydrogen-bond acceptors (Lipinski definition) is 3. The van der Waals surface area contributed by atoms with Crippen LogP contribution in [0.4, 0.5) is 0 Å². The maximum absolute atomic E-state index is 11.2. The van der Waals surface area contributed by atoms with Crippen LogP contribution in [-0.4, -0.2) is 22.9 Å². The summed E-state index contributed by atoms with van der Waals surface area (Å²) in [6.45, 7) is 2.21. The third-order valence-corrected chi connectivity index (χ3v) is 3.10. The van der Waals surface area contributed by atoms with E-state index in [1.165, 1.54) is 38.5 Å². The van der Waals surface area contributed by atoms with Gasteiger partial charge >= 0.3 is 0 Å². The Morgan fingerprint density at radius 1 is 0.944 bits per heavy atom. The standard InChI is InChI=1S/C14H27NO3/c1-2-3-4-5-6-7-8-9-10-11-12(16)13(17)14(15)18/h13,17H,2-11H2,1H3,(H2,15,18). The van der Waals surface area contributed by atoms with Crippen LogP contribution < -0.4 is 5.73 Å². The second-order valence-corrected chi connectivity index (χ2v) is 4.85. The normalized spacial score (nSPS) is 12.3. The van der Waals surface area contributed by atoms with Gasteiger partial charge in [-0.3, -0.25) is 9.59 Å². The Hall–Kier alpha value is -0.900. The summed E-state index contributed by atoms with van der Waals surface area (Å²) in [6, 6.07) is 0. The molecule has 0 aromatic rings. The van der Waals surface area contributed by atoms with Crippen molar-refractivity contribution < 1.29 is 14.7 Å². The highest BCUT2D eigenvalue weighted by atomic mass is 16.3. The van der Waals surface area contributed by atoms with Gasteiger partial charge in [-0.05, 0) is 6.42 Å².